The van der Waals surface area contributed by atoms with Gasteiger partial charge in [-0.05, 0) is 6.42 Å². The number of piperazine rings is 1. The van der Waals surface area contributed by atoms with Crippen molar-refractivity contribution in [1.82, 2.24) is 10.2 Å². The van der Waals surface area contributed by atoms with Crippen molar-refractivity contribution >= 4 is 11.6 Å². The van der Waals surface area contributed by atoms with Gasteiger partial charge in [0.25, 0.3) is 0 Å². The van der Waals surface area contributed by atoms with Crippen LogP contribution in [0.15, 0.2) is 6.07 Å². The minimum Gasteiger partial charge on any atom is -0.493 e. The van der Waals surface area contributed by atoms with Gasteiger partial charge in [0.1, 0.15) is 5.82 Å². The molecule has 1 aliphatic heterocycles. The SMILES string of the molecule is COc1cc(F)c(Cl)c(CCN2CCNCC2)c1OC. The Balaban J connectivity index is 2.18. The van der Waals surface area contributed by atoms with Gasteiger partial charge in [-0.1, -0.05) is 11.6 Å². The summed E-state index contributed by atoms with van der Waals surface area (Å²) in [6.07, 6.45) is 0.635. The highest BCUT2D eigenvalue weighted by molar-refractivity contribution is 6.31. The summed E-state index contributed by atoms with van der Waals surface area (Å²) in [5.74, 6) is 0.429. The number of benzene rings is 1. The highest BCUT2D eigenvalue weighted by Crippen LogP contribution is 2.38. The van der Waals surface area contributed by atoms with Gasteiger partial charge in [0.2, 0.25) is 0 Å². The molecular formula is C14H20ClFN2O2. The summed E-state index contributed by atoms with van der Waals surface area (Å²) in [6.45, 7) is 4.78. The molecule has 1 aromatic carbocycles. The average molecular weight is 303 g/mol. The van der Waals surface area contributed by atoms with E-state index in [1.807, 2.05) is 0 Å². The lowest BCUT2D eigenvalue weighted by Gasteiger charge is -2.27. The van der Waals surface area contributed by atoms with E-state index in [9.17, 15) is 4.39 Å². The summed E-state index contributed by atoms with van der Waals surface area (Å²) in [5.41, 5.74) is 0.671. The number of hydrogen-bond donors (Lipinski definition) is 1. The first-order valence-electron chi connectivity index (χ1n) is 6.69. The predicted octanol–water partition coefficient (Wildman–Crippen LogP) is 1.94. The summed E-state index contributed by atoms with van der Waals surface area (Å²) in [7, 11) is 3.03. The summed E-state index contributed by atoms with van der Waals surface area (Å²) < 4.78 is 24.3. The maximum Gasteiger partial charge on any atom is 0.165 e. The van der Waals surface area contributed by atoms with E-state index in [0.717, 1.165) is 32.7 Å². The number of halogens is 2. The molecule has 0 bridgehead atoms. The first-order valence-corrected chi connectivity index (χ1v) is 7.07. The van der Waals surface area contributed by atoms with E-state index in [0.29, 0.717) is 23.5 Å². The van der Waals surface area contributed by atoms with E-state index in [2.05, 4.69) is 10.2 Å². The van der Waals surface area contributed by atoms with Crippen molar-refractivity contribution < 1.29 is 13.9 Å². The third-order valence-electron chi connectivity index (χ3n) is 3.54. The second-order valence-electron chi connectivity index (χ2n) is 4.73. The number of ether oxygens (including phenoxy) is 2. The minimum atomic E-state index is -0.473. The van der Waals surface area contributed by atoms with E-state index in [4.69, 9.17) is 21.1 Å². The van der Waals surface area contributed by atoms with E-state index < -0.39 is 5.82 Å². The highest BCUT2D eigenvalue weighted by atomic mass is 35.5. The largest absolute Gasteiger partial charge is 0.493 e. The molecule has 1 heterocycles. The quantitative estimate of drug-likeness (QED) is 0.901. The fourth-order valence-corrected chi connectivity index (χ4v) is 2.67. The fraction of sp³-hybridized carbons (Fsp3) is 0.571. The van der Waals surface area contributed by atoms with Gasteiger partial charge in [-0.25, -0.2) is 4.39 Å². The first-order chi connectivity index (χ1) is 9.67. The molecule has 1 aromatic rings. The maximum absolute atomic E-state index is 13.8. The summed E-state index contributed by atoms with van der Waals surface area (Å²) in [6, 6.07) is 1.26. The number of nitrogens with zero attached hydrogens (tertiary/aromatic N) is 1. The van der Waals surface area contributed by atoms with Gasteiger partial charge in [-0.2, -0.15) is 0 Å². The zero-order chi connectivity index (χ0) is 14.5. The lowest BCUT2D eigenvalue weighted by Crippen LogP contribution is -2.44. The molecule has 0 aliphatic carbocycles. The number of hydrogen-bond acceptors (Lipinski definition) is 4. The van der Waals surface area contributed by atoms with Gasteiger partial charge in [0.15, 0.2) is 11.5 Å². The van der Waals surface area contributed by atoms with Gasteiger partial charge in [-0.3, -0.25) is 0 Å². The van der Waals surface area contributed by atoms with Gasteiger partial charge in [0.05, 0.1) is 19.2 Å². The molecule has 2 rings (SSSR count). The molecule has 20 heavy (non-hydrogen) atoms. The zero-order valence-corrected chi connectivity index (χ0v) is 12.6. The van der Waals surface area contributed by atoms with Crippen molar-refractivity contribution in [3.63, 3.8) is 0 Å². The second-order valence-corrected chi connectivity index (χ2v) is 5.11. The Kier molecular flexibility index (Phi) is 5.46. The van der Waals surface area contributed by atoms with Gasteiger partial charge < -0.3 is 19.7 Å². The zero-order valence-electron chi connectivity index (χ0n) is 11.8. The number of methoxy groups -OCH3 is 2. The highest BCUT2D eigenvalue weighted by Gasteiger charge is 2.19. The molecular weight excluding hydrogens is 283 g/mol. The monoisotopic (exact) mass is 302 g/mol. The molecule has 4 nitrogen and oxygen atoms in total. The van der Waals surface area contributed by atoms with Crippen LogP contribution in [0.5, 0.6) is 11.5 Å². The van der Waals surface area contributed by atoms with Crippen molar-refractivity contribution in [3.8, 4) is 11.5 Å². The molecule has 1 saturated heterocycles. The molecule has 1 fully saturated rings. The molecule has 0 aromatic heterocycles. The standard InChI is InChI=1S/C14H20ClFN2O2/c1-19-12-9-11(16)13(15)10(14(12)20-2)3-6-18-7-4-17-5-8-18/h9,17H,3-8H2,1-2H3. The van der Waals surface area contributed by atoms with E-state index in [1.165, 1.54) is 13.2 Å². The van der Waals surface area contributed by atoms with Crippen molar-refractivity contribution in [2.24, 2.45) is 0 Å². The van der Waals surface area contributed by atoms with Crippen LogP contribution in [0.3, 0.4) is 0 Å². The predicted molar refractivity (Wildman–Crippen MR) is 77.5 cm³/mol. The van der Waals surface area contributed by atoms with Crippen molar-refractivity contribution in [3.05, 3.63) is 22.5 Å². The van der Waals surface area contributed by atoms with Crippen LogP contribution in [0.25, 0.3) is 0 Å². The van der Waals surface area contributed by atoms with Crippen LogP contribution in [0.2, 0.25) is 5.02 Å². The Morgan fingerprint density at radius 2 is 2.00 bits per heavy atom. The van der Waals surface area contributed by atoms with Crippen LogP contribution in [0.1, 0.15) is 5.56 Å². The van der Waals surface area contributed by atoms with Crippen LogP contribution in [-0.2, 0) is 6.42 Å². The van der Waals surface area contributed by atoms with Crippen LogP contribution in [-0.4, -0.2) is 51.8 Å². The minimum absolute atomic E-state index is 0.123. The fourth-order valence-electron chi connectivity index (χ4n) is 2.44. The van der Waals surface area contributed by atoms with Gasteiger partial charge >= 0.3 is 0 Å². The topological polar surface area (TPSA) is 33.7 Å². The van der Waals surface area contributed by atoms with Crippen molar-refractivity contribution in [2.75, 3.05) is 46.9 Å². The summed E-state index contributed by atoms with van der Waals surface area (Å²) in [5, 5.41) is 3.42. The third kappa shape index (κ3) is 3.34. The van der Waals surface area contributed by atoms with Crippen molar-refractivity contribution in [1.29, 1.82) is 0 Å². The van der Waals surface area contributed by atoms with E-state index in [-0.39, 0.29) is 5.02 Å². The second kappa shape index (κ2) is 7.11. The number of nitrogens with one attached hydrogen (secondary N) is 1. The Hall–Kier alpha value is -1.04. The molecule has 1 N–H and O–H groups in total. The third-order valence-corrected chi connectivity index (χ3v) is 3.95. The molecule has 6 heteroatoms. The Bertz CT molecular complexity index is 465. The number of rotatable bonds is 5. The Labute approximate surface area is 123 Å². The Morgan fingerprint density at radius 1 is 1.30 bits per heavy atom. The van der Waals surface area contributed by atoms with E-state index >= 15 is 0 Å². The lowest BCUT2D eigenvalue weighted by molar-refractivity contribution is 0.242. The maximum atomic E-state index is 13.8. The van der Waals surface area contributed by atoms with Gasteiger partial charge in [0, 0.05) is 44.4 Å². The normalized spacial score (nSPS) is 16.2. The molecule has 0 saturated carbocycles. The van der Waals surface area contributed by atoms with E-state index in [1.54, 1.807) is 7.11 Å². The van der Waals surface area contributed by atoms with Gasteiger partial charge in [-0.15, -0.1) is 0 Å². The summed E-state index contributed by atoms with van der Waals surface area (Å²) in [4.78, 5) is 2.32. The van der Waals surface area contributed by atoms with Crippen molar-refractivity contribution in [2.45, 2.75) is 6.42 Å². The molecule has 0 spiro atoms. The Morgan fingerprint density at radius 3 is 2.60 bits per heavy atom. The van der Waals surface area contributed by atoms with Crippen LogP contribution in [0, 0.1) is 5.82 Å². The first kappa shape index (κ1) is 15.4. The van der Waals surface area contributed by atoms with Crippen LogP contribution < -0.4 is 14.8 Å². The molecule has 112 valence electrons. The molecule has 0 atom stereocenters. The molecule has 0 radical (unpaired) electrons. The smallest absolute Gasteiger partial charge is 0.165 e. The molecule has 0 unspecified atom stereocenters. The molecule has 1 aliphatic rings. The average Bonchev–Trinajstić information content (AvgIpc) is 2.49. The van der Waals surface area contributed by atoms with Crippen LogP contribution in [0.4, 0.5) is 4.39 Å². The van der Waals surface area contributed by atoms with Crippen LogP contribution >= 0.6 is 11.6 Å². The lowest BCUT2D eigenvalue weighted by atomic mass is 10.1. The molecule has 0 amide bonds. The summed E-state index contributed by atoms with van der Waals surface area (Å²) >= 11 is 6.08.